The fraction of sp³-hybridized carbons (Fsp3) is 0.500. The highest BCUT2D eigenvalue weighted by Crippen LogP contribution is 2.44. The number of nitrogens with one attached hydrogen (secondary N) is 1. The molecule has 3 nitrogen and oxygen atoms in total. The molecule has 2 rings (SSSR count). The van der Waals surface area contributed by atoms with Crippen molar-refractivity contribution in [1.29, 1.82) is 0 Å². The van der Waals surface area contributed by atoms with E-state index in [0.29, 0.717) is 13.0 Å². The van der Waals surface area contributed by atoms with E-state index < -0.39 is 27.5 Å². The fourth-order valence-electron chi connectivity index (χ4n) is 2.47. The highest BCUT2D eigenvalue weighted by atomic mass is 32.2. The zero-order valence-electron chi connectivity index (χ0n) is 10.3. The van der Waals surface area contributed by atoms with Crippen molar-refractivity contribution in [3.05, 3.63) is 29.3 Å². The second kappa shape index (κ2) is 4.79. The summed E-state index contributed by atoms with van der Waals surface area (Å²) in [5, 5.41) is 2.83. The van der Waals surface area contributed by atoms with Gasteiger partial charge in [0.2, 0.25) is 0 Å². The van der Waals surface area contributed by atoms with Crippen molar-refractivity contribution in [2.45, 2.75) is 23.4 Å². The van der Waals surface area contributed by atoms with Crippen LogP contribution >= 0.6 is 0 Å². The van der Waals surface area contributed by atoms with Gasteiger partial charge in [0.1, 0.15) is 0 Å². The second-order valence-electron chi connectivity index (χ2n) is 4.59. The fourth-order valence-corrected chi connectivity index (χ4v) is 4.41. The zero-order chi connectivity index (χ0) is 14.3. The van der Waals surface area contributed by atoms with Crippen LogP contribution in [0.4, 0.5) is 13.2 Å². The Morgan fingerprint density at radius 2 is 2.05 bits per heavy atom. The molecule has 1 unspecified atom stereocenters. The minimum atomic E-state index is -4.52. The Hall–Kier alpha value is -1.08. The van der Waals surface area contributed by atoms with Crippen LogP contribution in [0.1, 0.15) is 23.5 Å². The van der Waals surface area contributed by atoms with Gasteiger partial charge in [-0.1, -0.05) is 6.07 Å². The number of hydrogen-bond donors (Lipinski definition) is 1. The molecule has 106 valence electrons. The van der Waals surface area contributed by atoms with Crippen LogP contribution in [-0.4, -0.2) is 27.8 Å². The van der Waals surface area contributed by atoms with Crippen LogP contribution in [0.15, 0.2) is 23.1 Å². The third-order valence-corrected chi connectivity index (χ3v) is 5.15. The molecule has 0 bridgehead atoms. The number of rotatable bonds is 3. The van der Waals surface area contributed by atoms with Crippen LogP contribution < -0.4 is 5.32 Å². The van der Waals surface area contributed by atoms with Gasteiger partial charge in [0.05, 0.1) is 16.2 Å². The van der Waals surface area contributed by atoms with Gasteiger partial charge in [0.25, 0.3) is 0 Å². The SMILES string of the molecule is CNCCC1CS(=O)(=O)c2cccc(C(F)(F)F)c21. The molecule has 7 heteroatoms. The molecule has 0 radical (unpaired) electrons. The first kappa shape index (κ1) is 14.3. The first-order valence-electron chi connectivity index (χ1n) is 5.85. The summed E-state index contributed by atoms with van der Waals surface area (Å²) in [6.07, 6.45) is -4.15. The van der Waals surface area contributed by atoms with E-state index in [-0.39, 0.29) is 16.2 Å². The van der Waals surface area contributed by atoms with Gasteiger partial charge in [-0.15, -0.1) is 0 Å². The van der Waals surface area contributed by atoms with Gasteiger partial charge in [0, 0.05) is 5.92 Å². The van der Waals surface area contributed by atoms with E-state index in [1.165, 1.54) is 6.07 Å². The minimum Gasteiger partial charge on any atom is -0.320 e. The lowest BCUT2D eigenvalue weighted by Crippen LogP contribution is -2.16. The molecule has 0 amide bonds. The summed E-state index contributed by atoms with van der Waals surface area (Å²) in [7, 11) is -1.92. The molecule has 1 N–H and O–H groups in total. The van der Waals surface area contributed by atoms with E-state index in [2.05, 4.69) is 5.32 Å². The maximum atomic E-state index is 13.0. The molecule has 0 aromatic heterocycles. The topological polar surface area (TPSA) is 46.2 Å². The van der Waals surface area contributed by atoms with Crippen molar-refractivity contribution in [1.82, 2.24) is 5.32 Å². The molecule has 0 saturated carbocycles. The normalized spacial score (nSPS) is 21.4. The molecular weight excluding hydrogens is 279 g/mol. The lowest BCUT2D eigenvalue weighted by Gasteiger charge is -2.16. The minimum absolute atomic E-state index is 0.0646. The highest BCUT2D eigenvalue weighted by molar-refractivity contribution is 7.91. The van der Waals surface area contributed by atoms with Crippen molar-refractivity contribution in [3.63, 3.8) is 0 Å². The summed E-state index contributed by atoms with van der Waals surface area (Å²) < 4.78 is 62.8. The van der Waals surface area contributed by atoms with Crippen molar-refractivity contribution in [3.8, 4) is 0 Å². The third kappa shape index (κ3) is 2.62. The number of benzene rings is 1. The van der Waals surface area contributed by atoms with E-state index in [1.54, 1.807) is 7.05 Å². The van der Waals surface area contributed by atoms with Crippen LogP contribution in [0, 0.1) is 0 Å². The Bertz CT molecular complexity index is 581. The zero-order valence-corrected chi connectivity index (χ0v) is 11.1. The van der Waals surface area contributed by atoms with Crippen LogP contribution in [-0.2, 0) is 16.0 Å². The lowest BCUT2D eigenvalue weighted by molar-refractivity contribution is -0.138. The molecule has 0 saturated heterocycles. The molecule has 0 fully saturated rings. The molecule has 0 aliphatic carbocycles. The van der Waals surface area contributed by atoms with Crippen LogP contribution in [0.2, 0.25) is 0 Å². The first-order chi connectivity index (χ1) is 8.77. The summed E-state index contributed by atoms with van der Waals surface area (Å²) in [6, 6.07) is 3.37. The average Bonchev–Trinajstić information content (AvgIpc) is 2.57. The molecule has 1 aliphatic rings. The Balaban J connectivity index is 2.57. The summed E-state index contributed by atoms with van der Waals surface area (Å²) in [5.41, 5.74) is -0.891. The van der Waals surface area contributed by atoms with Crippen molar-refractivity contribution < 1.29 is 21.6 Å². The van der Waals surface area contributed by atoms with Gasteiger partial charge < -0.3 is 5.32 Å². The summed E-state index contributed by atoms with van der Waals surface area (Å²) in [6.45, 7) is 0.478. The van der Waals surface area contributed by atoms with Gasteiger partial charge in [-0.3, -0.25) is 0 Å². The van der Waals surface area contributed by atoms with E-state index in [1.807, 2.05) is 0 Å². The van der Waals surface area contributed by atoms with E-state index in [4.69, 9.17) is 0 Å². The number of hydrogen-bond acceptors (Lipinski definition) is 3. The van der Waals surface area contributed by atoms with Gasteiger partial charge >= 0.3 is 6.18 Å². The summed E-state index contributed by atoms with van der Waals surface area (Å²) in [4.78, 5) is -0.163. The summed E-state index contributed by atoms with van der Waals surface area (Å²) >= 11 is 0. The highest BCUT2D eigenvalue weighted by Gasteiger charge is 2.43. The van der Waals surface area contributed by atoms with E-state index in [9.17, 15) is 21.6 Å². The standard InChI is InChI=1S/C12H14F3NO2S/c1-16-6-5-8-7-19(17,18)10-4-2-3-9(11(8)10)12(13,14)15/h2-4,8,16H,5-7H2,1H3. The average molecular weight is 293 g/mol. The van der Waals surface area contributed by atoms with E-state index >= 15 is 0 Å². The van der Waals surface area contributed by atoms with E-state index in [0.717, 1.165) is 12.1 Å². The Morgan fingerprint density at radius 3 is 2.63 bits per heavy atom. The Kier molecular flexibility index (Phi) is 3.61. The van der Waals surface area contributed by atoms with Crippen molar-refractivity contribution in [2.24, 2.45) is 0 Å². The van der Waals surface area contributed by atoms with Crippen LogP contribution in [0.25, 0.3) is 0 Å². The molecule has 1 atom stereocenters. The Labute approximate surface area is 109 Å². The molecule has 1 aromatic carbocycles. The molecule has 1 heterocycles. The maximum absolute atomic E-state index is 13.0. The lowest BCUT2D eigenvalue weighted by atomic mass is 9.93. The number of alkyl halides is 3. The smallest absolute Gasteiger partial charge is 0.320 e. The third-order valence-electron chi connectivity index (χ3n) is 3.28. The molecule has 0 spiro atoms. The first-order valence-corrected chi connectivity index (χ1v) is 7.50. The predicted molar refractivity (Wildman–Crippen MR) is 64.8 cm³/mol. The maximum Gasteiger partial charge on any atom is 0.416 e. The van der Waals surface area contributed by atoms with Gasteiger partial charge in [-0.2, -0.15) is 13.2 Å². The Morgan fingerprint density at radius 1 is 1.37 bits per heavy atom. The number of sulfone groups is 1. The van der Waals surface area contributed by atoms with Crippen LogP contribution in [0.3, 0.4) is 0 Å². The monoisotopic (exact) mass is 293 g/mol. The van der Waals surface area contributed by atoms with Crippen LogP contribution in [0.5, 0.6) is 0 Å². The van der Waals surface area contributed by atoms with Crippen molar-refractivity contribution in [2.75, 3.05) is 19.3 Å². The van der Waals surface area contributed by atoms with Gasteiger partial charge in [-0.25, -0.2) is 8.42 Å². The van der Waals surface area contributed by atoms with Gasteiger partial charge in [0.15, 0.2) is 9.84 Å². The molecule has 19 heavy (non-hydrogen) atoms. The molecule has 1 aromatic rings. The van der Waals surface area contributed by atoms with Crippen molar-refractivity contribution >= 4 is 9.84 Å². The predicted octanol–water partition coefficient (Wildman–Crippen LogP) is 2.19. The number of halogens is 3. The second-order valence-corrected chi connectivity index (χ2v) is 6.59. The molecule has 1 aliphatic heterocycles. The quantitative estimate of drug-likeness (QED) is 0.929. The molecular formula is C12H14F3NO2S. The van der Waals surface area contributed by atoms with Gasteiger partial charge in [-0.05, 0) is 37.7 Å². The summed E-state index contributed by atoms with van der Waals surface area (Å²) in [5.74, 6) is -0.831. The largest absolute Gasteiger partial charge is 0.416 e. The number of fused-ring (bicyclic) bond motifs is 1.